The highest BCUT2D eigenvalue weighted by Gasteiger charge is 2.26. The molecule has 1 heterocycles. The molecule has 1 aliphatic rings. The fourth-order valence-electron chi connectivity index (χ4n) is 2.24. The molecule has 22 heavy (non-hydrogen) atoms. The fraction of sp³-hybridized carbons (Fsp3) is 0. The molecule has 0 unspecified atom stereocenters. The number of carbonyl (C=O) groups is 3. The summed E-state index contributed by atoms with van der Waals surface area (Å²) < 4.78 is 0. The number of rotatable bonds is 3. The van der Waals surface area contributed by atoms with Gasteiger partial charge in [-0.2, -0.15) is 0 Å². The van der Waals surface area contributed by atoms with Crippen LogP contribution in [0.25, 0.3) is 5.70 Å². The predicted molar refractivity (Wildman–Crippen MR) is 78.6 cm³/mol. The van der Waals surface area contributed by atoms with E-state index in [1.54, 1.807) is 24.3 Å². The molecule has 6 nitrogen and oxygen atoms in total. The molecule has 3 rings (SSSR count). The highest BCUT2D eigenvalue weighted by atomic mass is 16.4. The Kier molecular flexibility index (Phi) is 3.27. The Balaban J connectivity index is 2.07. The summed E-state index contributed by atoms with van der Waals surface area (Å²) in [6, 6.07) is 7.93. The van der Waals surface area contributed by atoms with E-state index in [2.05, 4.69) is 10.3 Å². The van der Waals surface area contributed by atoms with Crippen LogP contribution >= 0.6 is 0 Å². The van der Waals surface area contributed by atoms with Crippen molar-refractivity contribution < 1.29 is 19.5 Å². The second-order valence-corrected chi connectivity index (χ2v) is 4.65. The molecule has 0 saturated carbocycles. The van der Waals surface area contributed by atoms with Gasteiger partial charge in [0.15, 0.2) is 0 Å². The number of para-hydroxylation sites is 1. The van der Waals surface area contributed by atoms with Crippen LogP contribution in [0.15, 0.2) is 48.8 Å². The summed E-state index contributed by atoms with van der Waals surface area (Å²) in [6.07, 6.45) is 4.00. The summed E-state index contributed by atoms with van der Waals surface area (Å²) in [6.45, 7) is 0. The molecular weight excluding hydrogens is 284 g/mol. The summed E-state index contributed by atoms with van der Waals surface area (Å²) in [5, 5.41) is 12.1. The molecule has 0 fully saturated rings. The van der Waals surface area contributed by atoms with Crippen LogP contribution < -0.4 is 5.32 Å². The van der Waals surface area contributed by atoms with Crippen LogP contribution in [0, 0.1) is 0 Å². The minimum absolute atomic E-state index is 0.0726. The number of fused-ring (bicyclic) bond motifs is 1. The van der Waals surface area contributed by atoms with E-state index in [0.29, 0.717) is 16.9 Å². The van der Waals surface area contributed by atoms with Gasteiger partial charge in [-0.15, -0.1) is 0 Å². The first-order valence-electron chi connectivity index (χ1n) is 6.42. The third kappa shape index (κ3) is 2.26. The Morgan fingerprint density at radius 1 is 1.09 bits per heavy atom. The first-order chi connectivity index (χ1) is 10.6. The lowest BCUT2D eigenvalue weighted by Gasteiger charge is -2.18. The molecule has 108 valence electrons. The van der Waals surface area contributed by atoms with Gasteiger partial charge < -0.3 is 10.4 Å². The van der Waals surface area contributed by atoms with Crippen molar-refractivity contribution in [1.82, 2.24) is 4.98 Å². The zero-order valence-corrected chi connectivity index (χ0v) is 11.2. The van der Waals surface area contributed by atoms with Crippen molar-refractivity contribution in [3.8, 4) is 0 Å². The Labute approximate surface area is 125 Å². The second-order valence-electron chi connectivity index (χ2n) is 4.65. The third-order valence-corrected chi connectivity index (χ3v) is 3.28. The highest BCUT2D eigenvalue weighted by Crippen LogP contribution is 2.27. The molecule has 0 spiro atoms. The number of hydrogen-bond donors (Lipinski definition) is 2. The smallest absolute Gasteiger partial charge is 0.337 e. The third-order valence-electron chi connectivity index (χ3n) is 3.28. The maximum atomic E-state index is 11.8. The van der Waals surface area contributed by atoms with Crippen LogP contribution in [0.5, 0.6) is 0 Å². The van der Waals surface area contributed by atoms with Crippen molar-refractivity contribution in [2.75, 3.05) is 5.32 Å². The van der Waals surface area contributed by atoms with Gasteiger partial charge in [-0.25, -0.2) is 4.79 Å². The average Bonchev–Trinajstić information content (AvgIpc) is 2.53. The minimum atomic E-state index is -1.09. The van der Waals surface area contributed by atoms with Gasteiger partial charge in [-0.05, 0) is 18.2 Å². The monoisotopic (exact) mass is 294 g/mol. The van der Waals surface area contributed by atoms with Crippen LogP contribution in [0.4, 0.5) is 5.69 Å². The Morgan fingerprint density at radius 3 is 2.64 bits per heavy atom. The molecule has 2 aromatic rings. The molecule has 1 aliphatic carbocycles. The Morgan fingerprint density at radius 2 is 1.86 bits per heavy atom. The largest absolute Gasteiger partial charge is 0.478 e. The molecule has 0 atom stereocenters. The summed E-state index contributed by atoms with van der Waals surface area (Å²) in [4.78, 5) is 38.7. The SMILES string of the molecule is O=C1C=C(Nc2ccccc2C(=O)O)c2ccncc2C1=O. The number of carboxylic acids is 1. The van der Waals surface area contributed by atoms with E-state index >= 15 is 0 Å². The fourth-order valence-corrected chi connectivity index (χ4v) is 2.24. The molecule has 2 N–H and O–H groups in total. The van der Waals surface area contributed by atoms with Gasteiger partial charge >= 0.3 is 5.97 Å². The van der Waals surface area contributed by atoms with Crippen molar-refractivity contribution in [3.63, 3.8) is 0 Å². The van der Waals surface area contributed by atoms with Crippen molar-refractivity contribution in [1.29, 1.82) is 0 Å². The predicted octanol–water partition coefficient (Wildman–Crippen LogP) is 2.00. The van der Waals surface area contributed by atoms with Gasteiger partial charge in [-0.3, -0.25) is 14.6 Å². The number of carboxylic acid groups (broad SMARTS) is 1. The maximum Gasteiger partial charge on any atom is 0.337 e. The number of Topliss-reactive ketones (excluding diaryl/α,β-unsaturated/α-hetero) is 1. The van der Waals surface area contributed by atoms with Crippen LogP contribution in [-0.2, 0) is 4.79 Å². The van der Waals surface area contributed by atoms with E-state index in [9.17, 15) is 19.5 Å². The van der Waals surface area contributed by atoms with Gasteiger partial charge in [0.25, 0.3) is 0 Å². The number of ketones is 2. The molecule has 6 heteroatoms. The average molecular weight is 294 g/mol. The van der Waals surface area contributed by atoms with E-state index in [1.165, 1.54) is 24.5 Å². The van der Waals surface area contributed by atoms with E-state index in [-0.39, 0.29) is 11.1 Å². The topological polar surface area (TPSA) is 96.4 Å². The van der Waals surface area contributed by atoms with Crippen LogP contribution in [0.1, 0.15) is 26.3 Å². The number of aromatic nitrogens is 1. The highest BCUT2D eigenvalue weighted by molar-refractivity contribution is 6.50. The lowest BCUT2D eigenvalue weighted by atomic mass is 9.94. The van der Waals surface area contributed by atoms with Crippen molar-refractivity contribution >= 4 is 28.9 Å². The zero-order valence-electron chi connectivity index (χ0n) is 11.2. The lowest BCUT2D eigenvalue weighted by Crippen LogP contribution is -2.21. The minimum Gasteiger partial charge on any atom is -0.478 e. The van der Waals surface area contributed by atoms with Gasteiger partial charge in [0.2, 0.25) is 11.6 Å². The van der Waals surface area contributed by atoms with E-state index in [1.807, 2.05) is 0 Å². The molecule has 0 aliphatic heterocycles. The first-order valence-corrected chi connectivity index (χ1v) is 6.42. The van der Waals surface area contributed by atoms with Crippen LogP contribution in [0.3, 0.4) is 0 Å². The van der Waals surface area contributed by atoms with Crippen molar-refractivity contribution in [2.45, 2.75) is 0 Å². The normalized spacial score (nSPS) is 13.4. The number of anilines is 1. The second kappa shape index (κ2) is 5.25. The molecule has 1 aromatic carbocycles. The molecule has 0 amide bonds. The van der Waals surface area contributed by atoms with Gasteiger partial charge in [-0.1, -0.05) is 12.1 Å². The summed E-state index contributed by atoms with van der Waals surface area (Å²) in [7, 11) is 0. The number of hydrogen-bond acceptors (Lipinski definition) is 5. The first kappa shape index (κ1) is 13.7. The summed E-state index contributed by atoms with van der Waals surface area (Å²) in [5.41, 5.74) is 1.50. The Hall–Kier alpha value is -3.28. The molecule has 0 bridgehead atoms. The van der Waals surface area contributed by atoms with E-state index < -0.39 is 17.5 Å². The van der Waals surface area contributed by atoms with E-state index in [4.69, 9.17) is 0 Å². The molecular formula is C16H10N2O4. The zero-order chi connectivity index (χ0) is 15.7. The van der Waals surface area contributed by atoms with Crippen molar-refractivity contribution in [3.05, 3.63) is 65.5 Å². The quantitative estimate of drug-likeness (QED) is 0.840. The number of benzene rings is 1. The number of allylic oxidation sites excluding steroid dienone is 1. The van der Waals surface area contributed by atoms with Gasteiger partial charge in [0.05, 0.1) is 22.5 Å². The lowest BCUT2D eigenvalue weighted by molar-refractivity contribution is -0.111. The van der Waals surface area contributed by atoms with Gasteiger partial charge in [0.1, 0.15) is 0 Å². The number of nitrogens with zero attached hydrogens (tertiary/aromatic N) is 1. The number of aromatic carboxylic acids is 1. The van der Waals surface area contributed by atoms with E-state index in [0.717, 1.165) is 0 Å². The van der Waals surface area contributed by atoms with Crippen molar-refractivity contribution in [2.24, 2.45) is 0 Å². The Bertz CT molecular complexity index is 840. The summed E-state index contributed by atoms with van der Waals surface area (Å²) >= 11 is 0. The number of carbonyl (C=O) groups excluding carboxylic acids is 2. The standard InChI is InChI=1S/C16H10N2O4/c19-14-7-13(9-5-6-17-8-11(9)15(14)20)18-12-4-2-1-3-10(12)16(21)22/h1-8,18H,(H,21,22). The summed E-state index contributed by atoms with van der Waals surface area (Å²) in [5.74, 6) is -2.38. The van der Waals surface area contributed by atoms with Gasteiger partial charge in [0, 0.05) is 24.0 Å². The molecule has 1 aromatic heterocycles. The molecule has 0 radical (unpaired) electrons. The van der Waals surface area contributed by atoms with Crippen LogP contribution in [0.2, 0.25) is 0 Å². The van der Waals surface area contributed by atoms with Crippen LogP contribution in [-0.4, -0.2) is 27.6 Å². The number of nitrogens with one attached hydrogen (secondary N) is 1. The molecule has 0 saturated heterocycles. The number of pyridine rings is 1. The maximum absolute atomic E-state index is 11.8.